The highest BCUT2D eigenvalue weighted by Gasteiger charge is 2.37. The fourth-order valence-electron chi connectivity index (χ4n) is 6.69. The summed E-state index contributed by atoms with van der Waals surface area (Å²) >= 11 is 4.16. The number of primary amides is 1. The van der Waals surface area contributed by atoms with Crippen LogP contribution in [0.15, 0.2) is 4.99 Å². The van der Waals surface area contributed by atoms with Crippen molar-refractivity contribution in [2.24, 2.45) is 39.8 Å². The number of urea groups is 1. The molecule has 1 rings (SSSR count). The van der Waals surface area contributed by atoms with Crippen molar-refractivity contribution in [1.29, 1.82) is 0 Å². The van der Waals surface area contributed by atoms with Gasteiger partial charge in [-0.1, -0.05) is 40.5 Å². The first-order valence-corrected chi connectivity index (χ1v) is 23.6. The first kappa shape index (κ1) is 61.0. The minimum absolute atomic E-state index is 0.0270. The molecular weight excluding hydrogens is 927 g/mol. The lowest BCUT2D eigenvalue weighted by atomic mass is 9.95. The number of carbonyl (C=O) groups excluding carboxylic acids is 10. The number of hydrogen-bond donors (Lipinski definition) is 17. The van der Waals surface area contributed by atoms with Crippen LogP contribution in [0.5, 0.6) is 0 Å². The Labute approximate surface area is 406 Å². The van der Waals surface area contributed by atoms with Gasteiger partial charge in [0.15, 0.2) is 5.96 Å². The van der Waals surface area contributed by atoms with Crippen molar-refractivity contribution in [3.05, 3.63) is 0 Å². The highest BCUT2D eigenvalue weighted by atomic mass is 32.1. The summed E-state index contributed by atoms with van der Waals surface area (Å²) in [4.78, 5) is 139. The molecule has 0 aromatic carbocycles. The summed E-state index contributed by atoms with van der Waals surface area (Å²) in [6, 6.07) is -12.4. The van der Waals surface area contributed by atoms with Gasteiger partial charge in [-0.05, 0) is 63.3 Å². The maximum absolute atomic E-state index is 14.1. The average molecular weight is 1000 g/mol. The summed E-state index contributed by atoms with van der Waals surface area (Å²) in [6.45, 7) is 4.34. The van der Waals surface area contributed by atoms with Crippen LogP contribution in [0.25, 0.3) is 0 Å². The number of aliphatic hydroxyl groups is 2. The van der Waals surface area contributed by atoms with Gasteiger partial charge in [0.25, 0.3) is 0 Å². The Morgan fingerprint density at radius 3 is 1.52 bits per heavy atom. The number of amides is 11. The highest BCUT2D eigenvalue weighted by molar-refractivity contribution is 7.80. The summed E-state index contributed by atoms with van der Waals surface area (Å²) in [6.07, 6.45) is 1.45. The third-order valence-electron chi connectivity index (χ3n) is 11.2. The van der Waals surface area contributed by atoms with Crippen LogP contribution < -0.4 is 76.1 Å². The van der Waals surface area contributed by atoms with E-state index in [0.29, 0.717) is 25.7 Å². The molecule has 28 heteroatoms. The van der Waals surface area contributed by atoms with Crippen molar-refractivity contribution in [2.45, 2.75) is 134 Å². The first-order valence-electron chi connectivity index (χ1n) is 23.0. The number of carbonyl (C=O) groups is 10. The first-order chi connectivity index (χ1) is 32.7. The number of nitrogens with two attached hydrogens (primary N) is 4. The van der Waals surface area contributed by atoms with Crippen LogP contribution in [0.3, 0.4) is 0 Å². The van der Waals surface area contributed by atoms with Crippen LogP contribution in [0, 0.1) is 11.8 Å². The quantitative estimate of drug-likeness (QED) is 0.0248. The number of guanidine groups is 1. The molecule has 10 atom stereocenters. The number of aliphatic imine (C=N–C) groups is 1. The number of nitrogens with zero attached hydrogens (tertiary/aromatic N) is 1. The van der Waals surface area contributed by atoms with E-state index in [0.717, 1.165) is 0 Å². The topological polar surface area (TPSA) is 448 Å². The van der Waals surface area contributed by atoms with Gasteiger partial charge in [0, 0.05) is 18.8 Å². The van der Waals surface area contributed by atoms with Gasteiger partial charge in [-0.15, -0.1) is 0 Å². The number of unbranched alkanes of at least 4 members (excludes halogenated alkanes) is 1. The molecule has 0 spiro atoms. The Hall–Kier alpha value is -6.00. The van der Waals surface area contributed by atoms with E-state index < -0.39 is 139 Å². The van der Waals surface area contributed by atoms with Gasteiger partial charge < -0.3 is 86.3 Å². The second kappa shape index (κ2) is 32.7. The number of nitrogens with one attached hydrogen (secondary N) is 10. The predicted molar refractivity (Wildman–Crippen MR) is 255 cm³/mol. The fourth-order valence-corrected chi connectivity index (χ4v) is 6.95. The summed E-state index contributed by atoms with van der Waals surface area (Å²) in [5.74, 6) is -10.0. The van der Waals surface area contributed by atoms with E-state index in [1.807, 2.05) is 0 Å². The molecule has 1 saturated heterocycles. The molecule has 0 aromatic heterocycles. The summed E-state index contributed by atoms with van der Waals surface area (Å²) in [5, 5.41) is 45.1. The van der Waals surface area contributed by atoms with Crippen molar-refractivity contribution in [3.8, 4) is 0 Å². The Morgan fingerprint density at radius 1 is 0.609 bits per heavy atom. The number of hydrogen-bond acceptors (Lipinski definition) is 15. The lowest BCUT2D eigenvalue weighted by molar-refractivity contribution is -0.137. The van der Waals surface area contributed by atoms with Gasteiger partial charge in [-0.25, -0.2) is 4.79 Å². The van der Waals surface area contributed by atoms with Crippen molar-refractivity contribution in [2.75, 3.05) is 45.1 Å². The lowest BCUT2D eigenvalue weighted by Crippen LogP contribution is -2.62. The summed E-state index contributed by atoms with van der Waals surface area (Å²) < 4.78 is 0. The van der Waals surface area contributed by atoms with E-state index in [1.165, 1.54) is 0 Å². The van der Waals surface area contributed by atoms with Crippen molar-refractivity contribution < 1.29 is 58.2 Å². The van der Waals surface area contributed by atoms with Gasteiger partial charge >= 0.3 is 6.03 Å². The van der Waals surface area contributed by atoms with E-state index in [4.69, 9.17) is 22.9 Å². The molecule has 0 aliphatic carbocycles. The minimum Gasteiger partial charge on any atom is -0.394 e. The van der Waals surface area contributed by atoms with Crippen LogP contribution in [-0.2, 0) is 43.2 Å². The number of rotatable bonds is 19. The van der Waals surface area contributed by atoms with Crippen LogP contribution in [0.2, 0.25) is 0 Å². The summed E-state index contributed by atoms with van der Waals surface area (Å²) in [5.41, 5.74) is 21.7. The van der Waals surface area contributed by atoms with E-state index >= 15 is 0 Å². The molecule has 1 aliphatic heterocycles. The molecule has 0 unspecified atom stereocenters. The SMILES string of the molecule is CC[C@H](C)[C@@H]1NC(=O)[C@H](CCCCN)NC(=O)[C@H]([C@@H](C)CC)NC(=O)[C@H](CO)NC(=O)CNC(=O)[C@H](CCCN=C(N)N)NC(=O)[C@H](CS)NC(=O)[C@H](CO)NC(=O)[C@H](CCCNC(N)=O)NC1=O. The maximum Gasteiger partial charge on any atom is 0.312 e. The Morgan fingerprint density at radius 2 is 1.03 bits per heavy atom. The van der Waals surface area contributed by atoms with Crippen molar-refractivity contribution in [1.82, 2.24) is 53.2 Å². The van der Waals surface area contributed by atoms with Gasteiger partial charge in [0.1, 0.15) is 48.3 Å². The van der Waals surface area contributed by atoms with E-state index in [1.54, 1.807) is 27.7 Å². The molecule has 11 amide bonds. The van der Waals surface area contributed by atoms with Gasteiger partial charge in [0.2, 0.25) is 53.2 Å². The minimum atomic E-state index is -1.72. The Balaban J connectivity index is 3.88. The smallest absolute Gasteiger partial charge is 0.312 e. The third kappa shape index (κ3) is 22.3. The normalized spacial score (nSPS) is 25.3. The van der Waals surface area contributed by atoms with Crippen molar-refractivity contribution in [3.63, 3.8) is 0 Å². The monoisotopic (exact) mass is 1000 g/mol. The van der Waals surface area contributed by atoms with Crippen LogP contribution in [-0.4, -0.2) is 169 Å². The maximum atomic E-state index is 14.1. The molecule has 0 bridgehead atoms. The second-order valence-electron chi connectivity index (χ2n) is 16.6. The summed E-state index contributed by atoms with van der Waals surface area (Å²) in [7, 11) is 0. The van der Waals surface area contributed by atoms with Crippen molar-refractivity contribution >= 4 is 77.8 Å². The molecule has 0 saturated carbocycles. The second-order valence-corrected chi connectivity index (χ2v) is 17.0. The Kier molecular flexibility index (Phi) is 28.9. The zero-order valence-corrected chi connectivity index (χ0v) is 40.7. The predicted octanol–water partition coefficient (Wildman–Crippen LogP) is -6.37. The van der Waals surface area contributed by atoms with Crippen LogP contribution in [0.4, 0.5) is 4.79 Å². The zero-order valence-electron chi connectivity index (χ0n) is 39.8. The third-order valence-corrected chi connectivity index (χ3v) is 11.6. The van der Waals surface area contributed by atoms with Crippen LogP contribution in [0.1, 0.15) is 85.5 Å². The van der Waals surface area contributed by atoms with Gasteiger partial charge in [0.05, 0.1) is 19.8 Å². The molecule has 0 radical (unpaired) electrons. The van der Waals surface area contributed by atoms with Gasteiger partial charge in [-0.2, -0.15) is 12.6 Å². The average Bonchev–Trinajstić information content (AvgIpc) is 3.31. The highest BCUT2D eigenvalue weighted by Crippen LogP contribution is 2.14. The largest absolute Gasteiger partial charge is 0.394 e. The molecule has 392 valence electrons. The molecule has 27 nitrogen and oxygen atoms in total. The zero-order chi connectivity index (χ0) is 52.2. The number of aliphatic hydroxyl groups excluding tert-OH is 2. The lowest BCUT2D eigenvalue weighted by Gasteiger charge is -2.30. The number of thiol groups is 1. The molecule has 1 heterocycles. The molecule has 1 fully saturated rings. The molecule has 69 heavy (non-hydrogen) atoms. The van der Waals surface area contributed by atoms with E-state index in [2.05, 4.69) is 70.8 Å². The van der Waals surface area contributed by atoms with Crippen LogP contribution >= 0.6 is 12.6 Å². The molecular formula is C41H75N15O12S. The van der Waals surface area contributed by atoms with Gasteiger partial charge in [-0.3, -0.25) is 48.1 Å². The Bertz CT molecular complexity index is 1770. The molecule has 0 aromatic rings. The molecule has 1 aliphatic rings. The molecule has 20 N–H and O–H groups in total. The standard InChI is InChI=1S/C41H75N15O12S/c1-5-21(3)30-38(66)52-25(13-10-16-47-41(45)68)33(61)53-27(19-58)35(63)54-28(20-69)37(65)50-23(12-9-15-46-40(43)44)32(60)48-17-29(59)49-26(18-57)36(64)56-31(22(4)6-2)39(67)51-24(34(62)55-30)11-7-8-14-42/h21-28,30-31,57-58,69H,5-20,42H2,1-4H3,(H,48,60)(H,49,59)(H,50,65)(H,51,67)(H,52,66)(H,53,61)(H,54,63)(H,55,62)(H,56,64)(H4,43,44,46)(H3,45,47,68)/t21-,22-,23-,24-,25-,26-,27-,28-,30-,31-/m0/s1. The van der Waals surface area contributed by atoms with E-state index in [-0.39, 0.29) is 63.5 Å². The fraction of sp³-hybridized carbons (Fsp3) is 0.732. The van der Waals surface area contributed by atoms with E-state index in [9.17, 15) is 58.2 Å².